The molecule has 0 spiro atoms. The zero-order valence-corrected chi connectivity index (χ0v) is 14.5. The molecule has 1 N–H and O–H groups in total. The summed E-state index contributed by atoms with van der Waals surface area (Å²) in [5.41, 5.74) is 3.59. The van der Waals surface area contributed by atoms with Gasteiger partial charge in [0, 0.05) is 24.0 Å². The molecule has 0 radical (unpaired) electrons. The van der Waals surface area contributed by atoms with Crippen molar-refractivity contribution >= 4 is 39.9 Å². The topological polar surface area (TPSA) is 44.7 Å². The molecule has 0 saturated carbocycles. The van der Waals surface area contributed by atoms with E-state index in [2.05, 4.69) is 16.9 Å². The van der Waals surface area contributed by atoms with E-state index < -0.39 is 0 Å². The van der Waals surface area contributed by atoms with Crippen LogP contribution in [0.15, 0.2) is 66.2 Å². The number of hydrogen-bond acceptors (Lipinski definition) is 4. The molecule has 1 atom stereocenters. The van der Waals surface area contributed by atoms with Crippen LogP contribution in [0.2, 0.25) is 0 Å². The van der Waals surface area contributed by atoms with Crippen LogP contribution in [0, 0.1) is 0 Å². The average Bonchev–Trinajstić information content (AvgIpc) is 2.60. The van der Waals surface area contributed by atoms with E-state index in [0.717, 1.165) is 27.8 Å². The van der Waals surface area contributed by atoms with Crippen molar-refractivity contribution in [1.82, 2.24) is 4.90 Å². The van der Waals surface area contributed by atoms with Gasteiger partial charge in [0.25, 0.3) is 0 Å². The first-order chi connectivity index (χ1) is 11.6. The highest BCUT2D eigenvalue weighted by Gasteiger charge is 2.24. The lowest BCUT2D eigenvalue weighted by atomic mass is 10.1. The first-order valence-corrected chi connectivity index (χ1v) is 8.57. The van der Waals surface area contributed by atoms with Crippen molar-refractivity contribution in [2.24, 2.45) is 4.99 Å². The van der Waals surface area contributed by atoms with Gasteiger partial charge in [-0.2, -0.15) is 0 Å². The summed E-state index contributed by atoms with van der Waals surface area (Å²) in [6.45, 7) is 6.02. The number of hydrogen-bond donors (Lipinski definition) is 1. The molecule has 3 rings (SSSR count). The highest BCUT2D eigenvalue weighted by molar-refractivity contribution is 8.14. The van der Waals surface area contributed by atoms with Gasteiger partial charge in [0.1, 0.15) is 0 Å². The molecule has 1 heterocycles. The summed E-state index contributed by atoms with van der Waals surface area (Å²) >= 11 is 1.43. The minimum absolute atomic E-state index is 0.0493. The lowest BCUT2D eigenvalue weighted by Gasteiger charge is -2.29. The standard InChI is InChI=1S/C19H19N3OS/c1-13-16-11-7-8-12-17(16)21-19(22(13)3)24-14(2)18(23)20-15-9-5-4-6-10-15/h4-12,14H,1H2,2-3H3,(H,20,23). The number of thioether (sulfide) groups is 1. The van der Waals surface area contributed by atoms with Gasteiger partial charge in [-0.05, 0) is 25.1 Å². The van der Waals surface area contributed by atoms with Crippen molar-refractivity contribution in [2.45, 2.75) is 12.2 Å². The summed E-state index contributed by atoms with van der Waals surface area (Å²) in [6.07, 6.45) is 0. The van der Waals surface area contributed by atoms with Gasteiger partial charge in [0.15, 0.2) is 5.17 Å². The van der Waals surface area contributed by atoms with Gasteiger partial charge in [-0.15, -0.1) is 0 Å². The highest BCUT2D eigenvalue weighted by Crippen LogP contribution is 2.35. The van der Waals surface area contributed by atoms with Crippen LogP contribution in [0.25, 0.3) is 5.70 Å². The Bertz CT molecular complexity index is 801. The molecule has 1 aliphatic rings. The van der Waals surface area contributed by atoms with Crippen molar-refractivity contribution in [2.75, 3.05) is 12.4 Å². The number of anilines is 1. The number of rotatable bonds is 3. The first-order valence-electron chi connectivity index (χ1n) is 7.69. The molecule has 2 aromatic rings. The molecular formula is C19H19N3OS. The second kappa shape index (κ2) is 6.93. The van der Waals surface area contributed by atoms with Gasteiger partial charge in [0.2, 0.25) is 5.91 Å². The van der Waals surface area contributed by atoms with Crippen molar-refractivity contribution in [3.8, 4) is 0 Å². The highest BCUT2D eigenvalue weighted by atomic mass is 32.2. The van der Waals surface area contributed by atoms with E-state index in [1.54, 1.807) is 0 Å². The van der Waals surface area contributed by atoms with Crippen LogP contribution in [0.1, 0.15) is 12.5 Å². The van der Waals surface area contributed by atoms with Crippen molar-refractivity contribution < 1.29 is 4.79 Å². The fraction of sp³-hybridized carbons (Fsp3) is 0.158. The zero-order valence-electron chi connectivity index (χ0n) is 13.7. The number of para-hydroxylation sites is 2. The summed E-state index contributed by atoms with van der Waals surface area (Å²) in [5, 5.41) is 3.42. The third-order valence-corrected chi connectivity index (χ3v) is 4.96. The van der Waals surface area contributed by atoms with Crippen LogP contribution in [0.3, 0.4) is 0 Å². The van der Waals surface area contributed by atoms with Gasteiger partial charge in [-0.25, -0.2) is 4.99 Å². The Hall–Kier alpha value is -2.53. The molecule has 0 fully saturated rings. The zero-order chi connectivity index (χ0) is 17.1. The molecular weight excluding hydrogens is 318 g/mol. The van der Waals surface area contributed by atoms with E-state index in [0.29, 0.717) is 0 Å². The summed E-state index contributed by atoms with van der Waals surface area (Å²) in [4.78, 5) is 19.0. The van der Waals surface area contributed by atoms with E-state index in [-0.39, 0.29) is 11.2 Å². The quantitative estimate of drug-likeness (QED) is 0.905. The van der Waals surface area contributed by atoms with Gasteiger partial charge in [-0.3, -0.25) is 4.79 Å². The van der Waals surface area contributed by atoms with Crippen molar-refractivity contribution in [1.29, 1.82) is 0 Å². The molecule has 0 aliphatic carbocycles. The lowest BCUT2D eigenvalue weighted by Crippen LogP contribution is -2.30. The second-order valence-corrected chi connectivity index (χ2v) is 6.84. The molecule has 1 amide bonds. The molecule has 5 heteroatoms. The van der Waals surface area contributed by atoms with Gasteiger partial charge in [-0.1, -0.05) is 54.7 Å². The van der Waals surface area contributed by atoms with Gasteiger partial charge in [0.05, 0.1) is 10.9 Å². The summed E-state index contributed by atoms with van der Waals surface area (Å²) in [5.74, 6) is -0.0493. The maximum absolute atomic E-state index is 12.4. The predicted octanol–water partition coefficient (Wildman–Crippen LogP) is 4.35. The SMILES string of the molecule is C=C1c2ccccc2N=C(SC(C)C(=O)Nc2ccccc2)N1C. The third-order valence-electron chi connectivity index (χ3n) is 3.82. The Morgan fingerprint density at radius 1 is 1.17 bits per heavy atom. The Labute approximate surface area is 146 Å². The normalized spacial score (nSPS) is 14.7. The number of amidine groups is 1. The fourth-order valence-corrected chi connectivity index (χ4v) is 3.27. The number of nitrogens with zero attached hydrogens (tertiary/aromatic N) is 2. The van der Waals surface area contributed by atoms with Crippen LogP contribution < -0.4 is 5.32 Å². The molecule has 0 aromatic heterocycles. The Balaban J connectivity index is 1.74. The molecule has 4 nitrogen and oxygen atoms in total. The van der Waals surface area contributed by atoms with E-state index in [9.17, 15) is 4.79 Å². The van der Waals surface area contributed by atoms with Crippen LogP contribution in [0.5, 0.6) is 0 Å². The van der Waals surface area contributed by atoms with E-state index >= 15 is 0 Å². The number of nitrogens with one attached hydrogen (secondary N) is 1. The molecule has 2 aromatic carbocycles. The number of carbonyl (C=O) groups is 1. The number of fused-ring (bicyclic) bond motifs is 1. The van der Waals surface area contributed by atoms with Crippen LogP contribution in [-0.4, -0.2) is 28.3 Å². The Morgan fingerprint density at radius 2 is 1.83 bits per heavy atom. The average molecular weight is 337 g/mol. The van der Waals surface area contributed by atoms with E-state index in [1.165, 1.54) is 11.8 Å². The minimum Gasteiger partial charge on any atom is -0.325 e. The largest absolute Gasteiger partial charge is 0.325 e. The maximum Gasteiger partial charge on any atom is 0.237 e. The third kappa shape index (κ3) is 3.36. The number of aliphatic imine (C=N–C) groups is 1. The number of benzene rings is 2. The van der Waals surface area contributed by atoms with Crippen LogP contribution in [0.4, 0.5) is 11.4 Å². The van der Waals surface area contributed by atoms with Gasteiger partial charge < -0.3 is 10.2 Å². The molecule has 24 heavy (non-hydrogen) atoms. The minimum atomic E-state index is -0.274. The van der Waals surface area contributed by atoms with E-state index in [4.69, 9.17) is 0 Å². The van der Waals surface area contributed by atoms with Crippen molar-refractivity contribution in [3.05, 3.63) is 66.7 Å². The van der Waals surface area contributed by atoms with Crippen molar-refractivity contribution in [3.63, 3.8) is 0 Å². The monoisotopic (exact) mass is 337 g/mol. The Kier molecular flexibility index (Phi) is 4.71. The summed E-state index contributed by atoms with van der Waals surface area (Å²) < 4.78 is 0. The van der Waals surface area contributed by atoms with Crippen LogP contribution in [-0.2, 0) is 4.79 Å². The van der Waals surface area contributed by atoms with Gasteiger partial charge >= 0.3 is 0 Å². The predicted molar refractivity (Wildman–Crippen MR) is 102 cm³/mol. The molecule has 122 valence electrons. The molecule has 0 bridgehead atoms. The first kappa shape index (κ1) is 16.3. The summed E-state index contributed by atoms with van der Waals surface area (Å²) in [7, 11) is 1.92. The number of amides is 1. The number of carbonyl (C=O) groups excluding carboxylic acids is 1. The Morgan fingerprint density at radius 3 is 2.58 bits per heavy atom. The molecule has 0 saturated heterocycles. The second-order valence-electron chi connectivity index (χ2n) is 5.53. The fourth-order valence-electron chi connectivity index (χ4n) is 2.37. The molecule has 1 aliphatic heterocycles. The van der Waals surface area contributed by atoms with E-state index in [1.807, 2.05) is 73.5 Å². The van der Waals surface area contributed by atoms with Crippen LogP contribution >= 0.6 is 11.8 Å². The smallest absolute Gasteiger partial charge is 0.237 e. The lowest BCUT2D eigenvalue weighted by molar-refractivity contribution is -0.115. The maximum atomic E-state index is 12.4. The summed E-state index contributed by atoms with van der Waals surface area (Å²) in [6, 6.07) is 17.3. The molecule has 1 unspecified atom stereocenters.